The average molecular weight is 591 g/mol. The Morgan fingerprint density at radius 2 is 1.77 bits per heavy atom. The van der Waals surface area contributed by atoms with Crippen LogP contribution in [-0.2, 0) is 20.5 Å². The highest BCUT2D eigenvalue weighted by molar-refractivity contribution is 6.36. The Morgan fingerprint density at radius 3 is 2.23 bits per heavy atom. The summed E-state index contributed by atoms with van der Waals surface area (Å²) in [6.07, 6.45) is -0.612. The number of aldehydes is 1. The van der Waals surface area contributed by atoms with Gasteiger partial charge in [0.05, 0.1) is 16.1 Å². The van der Waals surface area contributed by atoms with Crippen LogP contribution in [0.1, 0.15) is 94.1 Å². The summed E-state index contributed by atoms with van der Waals surface area (Å²) in [5.74, 6) is -1.34. The number of aromatic nitrogens is 3. The fraction of sp³-hybridized carbons (Fsp3) is 0.577. The minimum atomic E-state index is -4.79. The second kappa shape index (κ2) is 11.4. The van der Waals surface area contributed by atoms with Gasteiger partial charge in [0, 0.05) is 37.5 Å². The fourth-order valence-corrected chi connectivity index (χ4v) is 5.44. The minimum absolute atomic E-state index is 0.0113. The molecule has 0 aliphatic heterocycles. The van der Waals surface area contributed by atoms with E-state index in [9.17, 15) is 27.6 Å². The summed E-state index contributed by atoms with van der Waals surface area (Å²) >= 11 is 12.5. The Hall–Kier alpha value is -2.66. The van der Waals surface area contributed by atoms with Gasteiger partial charge in [0.25, 0.3) is 5.91 Å². The average Bonchev–Trinajstić information content (AvgIpc) is 3.25. The molecule has 214 valence electrons. The molecule has 1 amide bonds. The first-order chi connectivity index (χ1) is 18.0. The van der Waals surface area contributed by atoms with Crippen molar-refractivity contribution >= 4 is 41.4 Å². The summed E-state index contributed by atoms with van der Waals surface area (Å²) in [7, 11) is 0. The van der Waals surface area contributed by atoms with Gasteiger partial charge < -0.3 is 14.4 Å². The number of esters is 1. The molecule has 1 aliphatic rings. The van der Waals surface area contributed by atoms with Crippen LogP contribution in [0.25, 0.3) is 0 Å². The lowest BCUT2D eigenvalue weighted by molar-refractivity contribution is -0.159. The van der Waals surface area contributed by atoms with Gasteiger partial charge in [0.2, 0.25) is 0 Å². The number of halogens is 5. The smallest absolute Gasteiger partial charge is 0.433 e. The van der Waals surface area contributed by atoms with Crippen molar-refractivity contribution in [2.45, 2.75) is 84.2 Å². The zero-order valence-corrected chi connectivity index (χ0v) is 23.8. The monoisotopic (exact) mass is 590 g/mol. The van der Waals surface area contributed by atoms with Crippen molar-refractivity contribution in [3.63, 3.8) is 0 Å². The lowest BCUT2D eigenvalue weighted by atomic mass is 9.83. The van der Waals surface area contributed by atoms with Gasteiger partial charge in [-0.15, -0.1) is 0 Å². The molecule has 1 fully saturated rings. The molecule has 39 heavy (non-hydrogen) atoms. The number of nitrogens with zero attached hydrogens (tertiary/aromatic N) is 4. The van der Waals surface area contributed by atoms with Crippen LogP contribution < -0.4 is 0 Å². The van der Waals surface area contributed by atoms with Gasteiger partial charge in [-0.05, 0) is 38.0 Å². The molecule has 0 bridgehead atoms. The molecule has 1 saturated carbocycles. The van der Waals surface area contributed by atoms with Crippen molar-refractivity contribution in [3.05, 3.63) is 45.5 Å². The molecule has 3 rings (SSSR count). The Bertz CT molecular complexity index is 1210. The maximum Gasteiger partial charge on any atom is 0.433 e. The summed E-state index contributed by atoms with van der Waals surface area (Å²) in [4.78, 5) is 42.5. The van der Waals surface area contributed by atoms with Crippen molar-refractivity contribution in [3.8, 4) is 0 Å². The predicted molar refractivity (Wildman–Crippen MR) is 138 cm³/mol. The van der Waals surface area contributed by atoms with E-state index in [1.807, 2.05) is 20.8 Å². The summed E-state index contributed by atoms with van der Waals surface area (Å²) in [6, 6.07) is -1.26. The fourth-order valence-electron chi connectivity index (χ4n) is 4.85. The SMILES string of the molecule is CC(=O)OC1(C)CCC(n2nc(C(=O)N(CC(C)(C)C)C(C=O)c3c(Cl)cncc3Cl)cc2C(F)(F)F)CC1. The van der Waals surface area contributed by atoms with Crippen LogP contribution in [0.5, 0.6) is 0 Å². The summed E-state index contributed by atoms with van der Waals surface area (Å²) in [5, 5.41) is 4.18. The molecular weight excluding hydrogens is 560 g/mol. The molecule has 1 aliphatic carbocycles. The third-order valence-electron chi connectivity index (χ3n) is 6.55. The highest BCUT2D eigenvalue weighted by Gasteiger charge is 2.42. The third-order valence-corrected chi connectivity index (χ3v) is 7.15. The van der Waals surface area contributed by atoms with Crippen LogP contribution in [0.3, 0.4) is 0 Å². The predicted octanol–water partition coefficient (Wildman–Crippen LogP) is 6.47. The number of carbonyl (C=O) groups is 3. The van der Waals surface area contributed by atoms with E-state index in [2.05, 4.69) is 10.1 Å². The minimum Gasteiger partial charge on any atom is -0.460 e. The van der Waals surface area contributed by atoms with Crippen molar-refractivity contribution in [1.29, 1.82) is 0 Å². The van der Waals surface area contributed by atoms with Crippen LogP contribution >= 0.6 is 23.2 Å². The van der Waals surface area contributed by atoms with Gasteiger partial charge in [0.1, 0.15) is 23.6 Å². The Morgan fingerprint density at radius 1 is 1.21 bits per heavy atom. The molecule has 0 saturated heterocycles. The quantitative estimate of drug-likeness (QED) is 0.271. The van der Waals surface area contributed by atoms with Crippen molar-refractivity contribution in [2.24, 2.45) is 5.41 Å². The molecule has 0 N–H and O–H groups in total. The van der Waals surface area contributed by atoms with Crippen LogP contribution in [0.2, 0.25) is 10.0 Å². The van der Waals surface area contributed by atoms with Crippen LogP contribution in [0.4, 0.5) is 13.2 Å². The van der Waals surface area contributed by atoms with E-state index in [-0.39, 0.29) is 35.0 Å². The number of ether oxygens (including phenoxy) is 1. The molecule has 0 radical (unpaired) electrons. The molecule has 2 aromatic heterocycles. The van der Waals surface area contributed by atoms with Crippen molar-refractivity contribution in [1.82, 2.24) is 19.7 Å². The number of amides is 1. The van der Waals surface area contributed by atoms with Gasteiger partial charge in [-0.1, -0.05) is 44.0 Å². The zero-order chi connectivity index (χ0) is 29.3. The first kappa shape index (κ1) is 30.9. The lowest BCUT2D eigenvalue weighted by Gasteiger charge is -2.37. The second-order valence-electron chi connectivity index (χ2n) is 11.2. The molecule has 1 atom stereocenters. The van der Waals surface area contributed by atoms with Gasteiger partial charge in [-0.25, -0.2) is 0 Å². The highest BCUT2D eigenvalue weighted by atomic mass is 35.5. The first-order valence-corrected chi connectivity index (χ1v) is 13.1. The number of hydrogen-bond donors (Lipinski definition) is 0. The standard InChI is InChI=1S/C26H31Cl2F3N4O4/c1-15(37)39-25(5)8-6-16(7-9-25)35-21(26(29,30)31)10-19(33-35)23(38)34(14-24(2,3)4)20(13-36)22-17(27)11-32-12-18(22)28/h10-13,16,20H,6-9,14H2,1-5H3. The first-order valence-electron chi connectivity index (χ1n) is 12.4. The molecule has 2 aromatic rings. The topological polar surface area (TPSA) is 94.4 Å². The second-order valence-corrected chi connectivity index (χ2v) is 12.0. The van der Waals surface area contributed by atoms with Crippen LogP contribution in [0.15, 0.2) is 18.5 Å². The van der Waals surface area contributed by atoms with Gasteiger partial charge in [-0.2, -0.15) is 18.3 Å². The van der Waals surface area contributed by atoms with Crippen LogP contribution in [0, 0.1) is 5.41 Å². The highest BCUT2D eigenvalue weighted by Crippen LogP contribution is 2.41. The van der Waals surface area contributed by atoms with Crippen molar-refractivity contribution in [2.75, 3.05) is 6.54 Å². The summed E-state index contributed by atoms with van der Waals surface area (Å²) in [5.41, 5.74) is -2.76. The van der Waals surface area contributed by atoms with E-state index in [1.165, 1.54) is 19.3 Å². The van der Waals surface area contributed by atoms with Crippen molar-refractivity contribution < 1.29 is 32.3 Å². The number of carbonyl (C=O) groups excluding carboxylic acids is 3. The van der Waals surface area contributed by atoms with Gasteiger partial charge >= 0.3 is 12.1 Å². The zero-order valence-electron chi connectivity index (χ0n) is 22.3. The molecule has 0 spiro atoms. The lowest BCUT2D eigenvalue weighted by Crippen LogP contribution is -2.41. The van der Waals surface area contributed by atoms with E-state index in [4.69, 9.17) is 27.9 Å². The summed E-state index contributed by atoms with van der Waals surface area (Å²) in [6.45, 7) is 8.45. The molecule has 13 heteroatoms. The molecular formula is C26H31Cl2F3N4O4. The third kappa shape index (κ3) is 7.30. The Labute approximate surface area is 234 Å². The van der Waals surface area contributed by atoms with Crippen LogP contribution in [-0.4, -0.2) is 50.0 Å². The maximum absolute atomic E-state index is 14.1. The number of rotatable bonds is 7. The Balaban J connectivity index is 2.04. The number of alkyl halides is 3. The Kier molecular flexibility index (Phi) is 9.06. The van der Waals surface area contributed by atoms with E-state index in [0.29, 0.717) is 25.2 Å². The van der Waals surface area contributed by atoms with E-state index >= 15 is 0 Å². The van der Waals surface area contributed by atoms with E-state index < -0.39 is 52.5 Å². The number of hydrogen-bond acceptors (Lipinski definition) is 6. The number of pyridine rings is 1. The molecule has 8 nitrogen and oxygen atoms in total. The van der Waals surface area contributed by atoms with Gasteiger partial charge in [0.15, 0.2) is 5.69 Å². The molecule has 2 heterocycles. The summed E-state index contributed by atoms with van der Waals surface area (Å²) < 4.78 is 48.6. The van der Waals surface area contributed by atoms with E-state index in [0.717, 1.165) is 9.58 Å². The molecule has 0 aromatic carbocycles. The van der Waals surface area contributed by atoms with E-state index in [1.54, 1.807) is 6.92 Å². The largest absolute Gasteiger partial charge is 0.460 e. The molecule has 1 unspecified atom stereocenters. The van der Waals surface area contributed by atoms with Gasteiger partial charge in [-0.3, -0.25) is 19.3 Å². The maximum atomic E-state index is 14.1. The normalized spacial score (nSPS) is 20.8.